The number of hydrogen-bond acceptors (Lipinski definition) is 4. The van der Waals surface area contributed by atoms with Crippen molar-refractivity contribution in [2.45, 2.75) is 109 Å². The highest BCUT2D eigenvalue weighted by molar-refractivity contribution is 6.74. The number of hydrogen-bond donors (Lipinski definition) is 1. The van der Waals surface area contributed by atoms with E-state index in [9.17, 15) is 5.11 Å². The van der Waals surface area contributed by atoms with Crippen molar-refractivity contribution >= 4 is 8.32 Å². The summed E-state index contributed by atoms with van der Waals surface area (Å²) >= 11 is 0. The summed E-state index contributed by atoms with van der Waals surface area (Å²) in [7, 11) is -1.91. The second kappa shape index (κ2) is 7.82. The van der Waals surface area contributed by atoms with Crippen molar-refractivity contribution in [2.24, 2.45) is 35.0 Å². The molecule has 0 radical (unpaired) electrons. The van der Waals surface area contributed by atoms with E-state index in [4.69, 9.17) is 13.9 Å². The van der Waals surface area contributed by atoms with E-state index in [1.807, 2.05) is 0 Å². The van der Waals surface area contributed by atoms with Crippen LogP contribution in [0, 0.1) is 46.8 Å². The van der Waals surface area contributed by atoms with E-state index in [2.05, 4.69) is 52.6 Å². The van der Waals surface area contributed by atoms with E-state index in [0.717, 1.165) is 43.4 Å². The summed E-state index contributed by atoms with van der Waals surface area (Å²) in [5.74, 6) is 9.77. The molecule has 2 unspecified atom stereocenters. The Morgan fingerprint density at radius 2 is 1.78 bits per heavy atom. The molecule has 1 spiro atoms. The first-order chi connectivity index (χ1) is 15.0. The Bertz CT molecular complexity index is 776. The summed E-state index contributed by atoms with van der Waals surface area (Å²) < 4.78 is 19.1. The highest BCUT2D eigenvalue weighted by Gasteiger charge is 2.70. The lowest BCUT2D eigenvalue weighted by Crippen LogP contribution is -2.67. The van der Waals surface area contributed by atoms with Gasteiger partial charge >= 0.3 is 0 Å². The first-order valence-corrected chi connectivity index (χ1v) is 16.0. The summed E-state index contributed by atoms with van der Waals surface area (Å²) in [5, 5.41) is 11.1. The Kier molecular flexibility index (Phi) is 5.71. The number of fused-ring (bicyclic) bond motifs is 3. The zero-order valence-electron chi connectivity index (χ0n) is 21.1. The molecule has 0 amide bonds. The molecule has 0 aromatic heterocycles. The first-order valence-electron chi connectivity index (χ1n) is 13.1. The third kappa shape index (κ3) is 3.64. The Labute approximate surface area is 196 Å². The van der Waals surface area contributed by atoms with E-state index in [-0.39, 0.29) is 28.6 Å². The Hall–Kier alpha value is -0.383. The fourth-order valence-corrected chi connectivity index (χ4v) is 8.44. The van der Waals surface area contributed by atoms with Gasteiger partial charge in [-0.05, 0) is 73.9 Å². The largest absolute Gasteiger partial charge is 0.403 e. The van der Waals surface area contributed by atoms with Gasteiger partial charge in [0.2, 0.25) is 0 Å². The van der Waals surface area contributed by atoms with Crippen LogP contribution in [0.4, 0.5) is 0 Å². The highest BCUT2D eigenvalue weighted by atomic mass is 28.4. The normalized spacial score (nSPS) is 43.1. The molecule has 32 heavy (non-hydrogen) atoms. The molecular formula is C27H44O4Si. The zero-order valence-corrected chi connectivity index (χ0v) is 22.1. The molecule has 5 rings (SSSR count). The highest BCUT2D eigenvalue weighted by Crippen LogP contribution is 2.66. The van der Waals surface area contributed by atoms with Gasteiger partial charge in [-0.3, -0.25) is 0 Å². The molecule has 5 aliphatic rings. The quantitative estimate of drug-likeness (QED) is 0.453. The molecule has 0 aromatic carbocycles. The molecule has 0 aromatic rings. The lowest BCUT2D eigenvalue weighted by atomic mass is 9.47. The lowest BCUT2D eigenvalue weighted by molar-refractivity contribution is -0.344. The third-order valence-electron chi connectivity index (χ3n) is 10.5. The van der Waals surface area contributed by atoms with Crippen LogP contribution in [0.25, 0.3) is 0 Å². The molecule has 0 bridgehead atoms. The summed E-state index contributed by atoms with van der Waals surface area (Å²) in [4.78, 5) is 0. The van der Waals surface area contributed by atoms with Crippen LogP contribution in [0.2, 0.25) is 18.1 Å². The minimum atomic E-state index is -1.91. The van der Waals surface area contributed by atoms with Gasteiger partial charge in [0.15, 0.2) is 14.1 Å². The van der Waals surface area contributed by atoms with Gasteiger partial charge in [-0.2, -0.15) is 0 Å². The summed E-state index contributed by atoms with van der Waals surface area (Å²) in [6.45, 7) is 15.3. The van der Waals surface area contributed by atoms with Crippen LogP contribution in [0.3, 0.4) is 0 Å². The molecule has 1 aliphatic heterocycles. The maximum Gasteiger partial charge on any atom is 0.193 e. The van der Waals surface area contributed by atoms with Crippen LogP contribution in [0.5, 0.6) is 0 Å². The molecular weight excluding hydrogens is 416 g/mol. The maximum atomic E-state index is 10.9. The zero-order chi connectivity index (χ0) is 22.9. The predicted octanol–water partition coefficient (Wildman–Crippen LogP) is 5.36. The van der Waals surface area contributed by atoms with Gasteiger partial charge in [-0.1, -0.05) is 46.0 Å². The van der Waals surface area contributed by atoms with Crippen molar-refractivity contribution in [3.8, 4) is 11.8 Å². The average Bonchev–Trinajstić information content (AvgIpc) is 3.13. The second-order valence-electron chi connectivity index (χ2n) is 13.1. The number of ether oxygens (including phenoxy) is 2. The minimum Gasteiger partial charge on any atom is -0.403 e. The standard InChI is InChI=1S/C27H44O4Si/c1-25(2,3)32(5,6)31-18(16-22-19-8-7-9-20(19)22)10-11-21-23-17-27(29-14-15-30-27)26(23,4)13-12-24(21)28/h18-24,28H,7-9,12-17H2,1-6H3/t18-,19?,20?,21-,22?,23-,24-,26+/m1/s1. The Balaban J connectivity index is 1.34. The van der Waals surface area contributed by atoms with Gasteiger partial charge in [0, 0.05) is 11.8 Å². The van der Waals surface area contributed by atoms with Crippen molar-refractivity contribution in [2.75, 3.05) is 13.2 Å². The van der Waals surface area contributed by atoms with Gasteiger partial charge in [0.05, 0.1) is 25.2 Å². The maximum absolute atomic E-state index is 10.9. The van der Waals surface area contributed by atoms with E-state index < -0.39 is 14.1 Å². The number of aliphatic hydroxyl groups excluding tert-OH is 1. The van der Waals surface area contributed by atoms with Crippen LogP contribution in [0.15, 0.2) is 0 Å². The molecule has 5 fully saturated rings. The van der Waals surface area contributed by atoms with Crippen LogP contribution >= 0.6 is 0 Å². The summed E-state index contributed by atoms with van der Waals surface area (Å²) in [6.07, 6.45) is 7.53. The van der Waals surface area contributed by atoms with Crippen LogP contribution in [0.1, 0.15) is 72.6 Å². The molecule has 1 saturated heterocycles. The smallest absolute Gasteiger partial charge is 0.193 e. The summed E-state index contributed by atoms with van der Waals surface area (Å²) in [6, 6.07) is 0. The fraction of sp³-hybridized carbons (Fsp3) is 0.926. The van der Waals surface area contributed by atoms with Gasteiger partial charge in [0.25, 0.3) is 0 Å². The van der Waals surface area contributed by atoms with Gasteiger partial charge < -0.3 is 19.0 Å². The van der Waals surface area contributed by atoms with Crippen LogP contribution < -0.4 is 0 Å². The molecule has 1 N–H and O–H groups in total. The van der Waals surface area contributed by atoms with E-state index in [1.54, 1.807) is 0 Å². The molecule has 5 heteroatoms. The van der Waals surface area contributed by atoms with E-state index in [0.29, 0.717) is 19.1 Å². The van der Waals surface area contributed by atoms with Crippen molar-refractivity contribution in [1.82, 2.24) is 0 Å². The Morgan fingerprint density at radius 1 is 1.12 bits per heavy atom. The van der Waals surface area contributed by atoms with Crippen molar-refractivity contribution in [3.05, 3.63) is 0 Å². The molecule has 4 saturated carbocycles. The van der Waals surface area contributed by atoms with E-state index >= 15 is 0 Å². The fourth-order valence-electron chi connectivity index (χ4n) is 7.22. The predicted molar refractivity (Wildman–Crippen MR) is 128 cm³/mol. The second-order valence-corrected chi connectivity index (χ2v) is 17.9. The van der Waals surface area contributed by atoms with Gasteiger partial charge in [-0.25, -0.2) is 0 Å². The van der Waals surface area contributed by atoms with Crippen LogP contribution in [-0.4, -0.2) is 44.6 Å². The minimum absolute atomic E-state index is 0.000100. The van der Waals surface area contributed by atoms with Gasteiger partial charge in [-0.15, -0.1) is 0 Å². The molecule has 4 aliphatic carbocycles. The first kappa shape index (κ1) is 23.4. The molecule has 1 heterocycles. The third-order valence-corrected chi connectivity index (χ3v) is 14.9. The average molecular weight is 461 g/mol. The van der Waals surface area contributed by atoms with E-state index in [1.165, 1.54) is 19.3 Å². The van der Waals surface area contributed by atoms with Crippen LogP contribution in [-0.2, 0) is 13.9 Å². The monoisotopic (exact) mass is 460 g/mol. The molecule has 180 valence electrons. The topological polar surface area (TPSA) is 47.9 Å². The summed E-state index contributed by atoms with van der Waals surface area (Å²) in [5.41, 5.74) is -0.0363. The lowest BCUT2D eigenvalue weighted by Gasteiger charge is -2.64. The van der Waals surface area contributed by atoms with Crippen molar-refractivity contribution in [1.29, 1.82) is 0 Å². The number of rotatable bonds is 4. The Morgan fingerprint density at radius 3 is 2.41 bits per heavy atom. The van der Waals surface area contributed by atoms with Crippen molar-refractivity contribution < 1.29 is 19.0 Å². The molecule has 7 atom stereocenters. The van der Waals surface area contributed by atoms with Crippen molar-refractivity contribution in [3.63, 3.8) is 0 Å². The molecule has 4 nitrogen and oxygen atoms in total. The van der Waals surface area contributed by atoms with Gasteiger partial charge in [0.1, 0.15) is 6.10 Å². The SMILES string of the molecule is CC(C)(C)[Si](C)(C)O[C@H](C#C[C@H]1[C@H](O)CC[C@@]2(C)[C@@H]1CC21OCCO1)CC1C2CCCC21. The number of aliphatic hydroxyl groups is 1.